The van der Waals surface area contributed by atoms with E-state index in [9.17, 15) is 4.79 Å². The van der Waals surface area contributed by atoms with Crippen molar-refractivity contribution in [1.29, 1.82) is 0 Å². The van der Waals surface area contributed by atoms with Crippen molar-refractivity contribution in [3.8, 4) is 11.4 Å². The Bertz CT molecular complexity index is 1340. The van der Waals surface area contributed by atoms with Crippen molar-refractivity contribution in [3.05, 3.63) is 41.4 Å². The van der Waals surface area contributed by atoms with E-state index >= 15 is 0 Å². The molecule has 5 rings (SSSR count). The number of carbonyl (C=O) groups excluding carboxylic acids is 1. The molecule has 34 heavy (non-hydrogen) atoms. The van der Waals surface area contributed by atoms with E-state index < -0.39 is 0 Å². The molecular formula is C24H26N6O3S. The molecule has 0 radical (unpaired) electrons. The van der Waals surface area contributed by atoms with Crippen LogP contribution >= 0.6 is 11.3 Å². The summed E-state index contributed by atoms with van der Waals surface area (Å²) in [6.45, 7) is 3.92. The van der Waals surface area contributed by atoms with Crippen LogP contribution in [0.1, 0.15) is 4.88 Å². The predicted molar refractivity (Wildman–Crippen MR) is 134 cm³/mol. The van der Waals surface area contributed by atoms with E-state index in [1.807, 2.05) is 30.3 Å². The smallest absolute Gasteiger partial charge is 0.246 e. The molecule has 4 heterocycles. The van der Waals surface area contributed by atoms with Crippen LogP contribution in [0.4, 0.5) is 5.82 Å². The number of rotatable bonds is 7. The summed E-state index contributed by atoms with van der Waals surface area (Å²) in [7, 11) is 3.39. The molecule has 1 N–H and O–H groups in total. The third-order valence-corrected chi connectivity index (χ3v) is 6.89. The Kier molecular flexibility index (Phi) is 6.52. The number of ether oxygens (including phenoxy) is 2. The second-order valence-corrected chi connectivity index (χ2v) is 9.14. The van der Waals surface area contributed by atoms with E-state index in [2.05, 4.69) is 15.1 Å². The summed E-state index contributed by atoms with van der Waals surface area (Å²) in [4.78, 5) is 27.2. The molecule has 4 aromatic rings. The van der Waals surface area contributed by atoms with Crippen molar-refractivity contribution in [2.75, 3.05) is 58.5 Å². The lowest BCUT2D eigenvalue weighted by atomic mass is 10.1. The SMILES string of the molecule is COCCN(C)C(=O)/C=C/c1cc2nc(-c3cccc4[nH]ncc34)nc(N3CCOCC3)c2s1. The molecule has 0 spiro atoms. The summed E-state index contributed by atoms with van der Waals surface area (Å²) in [5, 5.41) is 8.18. The lowest BCUT2D eigenvalue weighted by Crippen LogP contribution is -2.36. The summed E-state index contributed by atoms with van der Waals surface area (Å²) in [5.41, 5.74) is 2.73. The molecule has 1 aliphatic heterocycles. The first-order valence-corrected chi connectivity index (χ1v) is 11.9. The highest BCUT2D eigenvalue weighted by Gasteiger charge is 2.21. The second-order valence-electron chi connectivity index (χ2n) is 8.06. The van der Waals surface area contributed by atoms with Crippen molar-refractivity contribution in [3.63, 3.8) is 0 Å². The average Bonchev–Trinajstić information content (AvgIpc) is 3.52. The molecule has 176 valence electrons. The van der Waals surface area contributed by atoms with Crippen LogP contribution in [0.3, 0.4) is 0 Å². The topological polar surface area (TPSA) is 96.5 Å². The lowest BCUT2D eigenvalue weighted by Gasteiger charge is -2.28. The number of amides is 1. The van der Waals surface area contributed by atoms with Crippen LogP contribution in [-0.4, -0.2) is 84.6 Å². The molecular weight excluding hydrogens is 452 g/mol. The lowest BCUT2D eigenvalue weighted by molar-refractivity contribution is -0.125. The van der Waals surface area contributed by atoms with Gasteiger partial charge in [0.2, 0.25) is 5.91 Å². The minimum atomic E-state index is -0.0682. The molecule has 3 aromatic heterocycles. The van der Waals surface area contributed by atoms with E-state index in [4.69, 9.17) is 19.4 Å². The van der Waals surface area contributed by atoms with Gasteiger partial charge < -0.3 is 19.3 Å². The normalized spacial score (nSPS) is 14.5. The Morgan fingerprint density at radius 2 is 2.18 bits per heavy atom. The number of hydrogen-bond acceptors (Lipinski definition) is 8. The Labute approximate surface area is 201 Å². The number of methoxy groups -OCH3 is 1. The first kappa shape index (κ1) is 22.5. The third-order valence-electron chi connectivity index (χ3n) is 5.81. The first-order chi connectivity index (χ1) is 16.6. The van der Waals surface area contributed by atoms with E-state index in [0.717, 1.165) is 50.5 Å². The Balaban J connectivity index is 1.55. The highest BCUT2D eigenvalue weighted by atomic mass is 32.1. The molecule has 0 bridgehead atoms. The van der Waals surface area contributed by atoms with Crippen LogP contribution < -0.4 is 4.90 Å². The van der Waals surface area contributed by atoms with Gasteiger partial charge in [0, 0.05) is 55.7 Å². The van der Waals surface area contributed by atoms with Crippen LogP contribution in [0.15, 0.2) is 36.5 Å². The Morgan fingerprint density at radius 1 is 1.32 bits per heavy atom. The maximum absolute atomic E-state index is 12.4. The molecule has 1 saturated heterocycles. The average molecular weight is 479 g/mol. The number of fused-ring (bicyclic) bond motifs is 2. The summed E-state index contributed by atoms with van der Waals surface area (Å²) >= 11 is 1.59. The zero-order valence-corrected chi connectivity index (χ0v) is 20.0. The number of aromatic amines is 1. The van der Waals surface area contributed by atoms with Crippen LogP contribution in [0, 0.1) is 0 Å². The van der Waals surface area contributed by atoms with Crippen LogP contribution in [-0.2, 0) is 14.3 Å². The van der Waals surface area contributed by atoms with Gasteiger partial charge in [0.1, 0.15) is 0 Å². The molecule has 9 nitrogen and oxygen atoms in total. The molecule has 1 fully saturated rings. The molecule has 1 aliphatic rings. The second kappa shape index (κ2) is 9.88. The van der Waals surface area contributed by atoms with Crippen molar-refractivity contribution in [1.82, 2.24) is 25.1 Å². The number of anilines is 1. The number of thiophene rings is 1. The van der Waals surface area contributed by atoms with Crippen molar-refractivity contribution in [2.24, 2.45) is 0 Å². The highest BCUT2D eigenvalue weighted by Crippen LogP contribution is 2.36. The van der Waals surface area contributed by atoms with Gasteiger partial charge in [-0.15, -0.1) is 11.3 Å². The predicted octanol–water partition coefficient (Wildman–Crippen LogP) is 3.19. The molecule has 1 aromatic carbocycles. The monoisotopic (exact) mass is 478 g/mol. The molecule has 0 atom stereocenters. The number of aromatic nitrogens is 4. The summed E-state index contributed by atoms with van der Waals surface area (Å²) < 4.78 is 11.6. The standard InChI is InChI=1S/C24H26N6O3S/c1-29(8-11-32-2)21(31)7-6-16-14-20-22(34-16)24(30-9-12-33-13-10-30)27-23(26-20)17-4-3-5-19-18(17)15-25-28-19/h3-7,14-15H,8-13H2,1-2H3,(H,25,28)/b7-6+. The van der Waals surface area contributed by atoms with Gasteiger partial charge in [0.15, 0.2) is 11.6 Å². The fraction of sp³-hybridized carbons (Fsp3) is 0.333. The molecule has 0 aliphatic carbocycles. The number of H-pyrrole nitrogens is 1. The molecule has 0 saturated carbocycles. The maximum Gasteiger partial charge on any atom is 0.246 e. The highest BCUT2D eigenvalue weighted by molar-refractivity contribution is 7.20. The van der Waals surface area contributed by atoms with Gasteiger partial charge in [-0.2, -0.15) is 5.10 Å². The van der Waals surface area contributed by atoms with Crippen molar-refractivity contribution in [2.45, 2.75) is 0 Å². The largest absolute Gasteiger partial charge is 0.383 e. The van der Waals surface area contributed by atoms with Gasteiger partial charge in [0.05, 0.1) is 41.8 Å². The number of likely N-dealkylation sites (N-methyl/N-ethyl adjacent to an activating group) is 1. The Hall–Kier alpha value is -3.34. The fourth-order valence-electron chi connectivity index (χ4n) is 3.91. The Morgan fingerprint density at radius 3 is 3.00 bits per heavy atom. The van der Waals surface area contributed by atoms with Gasteiger partial charge in [-0.25, -0.2) is 9.97 Å². The number of nitrogens with zero attached hydrogens (tertiary/aromatic N) is 5. The molecule has 0 unspecified atom stereocenters. The van der Waals surface area contributed by atoms with E-state index in [1.165, 1.54) is 0 Å². The van der Waals surface area contributed by atoms with Gasteiger partial charge >= 0.3 is 0 Å². The zero-order chi connectivity index (χ0) is 23.5. The summed E-state index contributed by atoms with van der Waals surface area (Å²) in [5.74, 6) is 1.49. The minimum absolute atomic E-state index is 0.0682. The van der Waals surface area contributed by atoms with Crippen LogP contribution in [0.5, 0.6) is 0 Å². The van der Waals surface area contributed by atoms with Gasteiger partial charge in [-0.3, -0.25) is 9.89 Å². The van der Waals surface area contributed by atoms with E-state index in [1.54, 1.807) is 42.7 Å². The van der Waals surface area contributed by atoms with Crippen LogP contribution in [0.2, 0.25) is 0 Å². The fourth-order valence-corrected chi connectivity index (χ4v) is 4.93. The quantitative estimate of drug-likeness (QED) is 0.408. The number of carbonyl (C=O) groups is 1. The molecule has 1 amide bonds. The van der Waals surface area contributed by atoms with Crippen molar-refractivity contribution >= 4 is 50.3 Å². The van der Waals surface area contributed by atoms with Gasteiger partial charge in [0.25, 0.3) is 0 Å². The van der Waals surface area contributed by atoms with Gasteiger partial charge in [-0.05, 0) is 18.2 Å². The maximum atomic E-state index is 12.4. The number of morpholine rings is 1. The van der Waals surface area contributed by atoms with Crippen molar-refractivity contribution < 1.29 is 14.3 Å². The number of benzene rings is 1. The van der Waals surface area contributed by atoms with E-state index in [-0.39, 0.29) is 5.91 Å². The third kappa shape index (κ3) is 4.52. The van der Waals surface area contributed by atoms with Crippen LogP contribution in [0.25, 0.3) is 38.6 Å². The van der Waals surface area contributed by atoms with Gasteiger partial charge in [-0.1, -0.05) is 12.1 Å². The number of hydrogen-bond donors (Lipinski definition) is 1. The van der Waals surface area contributed by atoms with E-state index in [0.29, 0.717) is 32.2 Å². The zero-order valence-electron chi connectivity index (χ0n) is 19.2. The first-order valence-electron chi connectivity index (χ1n) is 11.1. The molecule has 10 heteroatoms. The summed E-state index contributed by atoms with van der Waals surface area (Å²) in [6.07, 6.45) is 5.24. The summed E-state index contributed by atoms with van der Waals surface area (Å²) in [6, 6.07) is 8.00. The number of nitrogens with one attached hydrogen (secondary N) is 1. The minimum Gasteiger partial charge on any atom is -0.383 e.